The molecule has 0 radical (unpaired) electrons. The van der Waals surface area contributed by atoms with E-state index in [1.54, 1.807) is 6.92 Å². The molecule has 2 atom stereocenters. The Bertz CT molecular complexity index is 136. The van der Waals surface area contributed by atoms with Gasteiger partial charge >= 0.3 is 0 Å². The molecule has 0 aromatic heterocycles. The van der Waals surface area contributed by atoms with Crippen molar-refractivity contribution >= 4 is 5.78 Å². The number of rotatable bonds is 2. The van der Waals surface area contributed by atoms with Crippen molar-refractivity contribution < 1.29 is 4.79 Å². The van der Waals surface area contributed by atoms with Crippen LogP contribution >= 0.6 is 0 Å². The molecule has 2 unspecified atom stereocenters. The Morgan fingerprint density at radius 3 is 2.80 bits per heavy atom. The van der Waals surface area contributed by atoms with Gasteiger partial charge in [-0.05, 0) is 19.4 Å². The molecule has 3 nitrogen and oxygen atoms in total. The SMILES string of the molecule is CC(=O)CC1CNCC1N. The van der Waals surface area contributed by atoms with Gasteiger partial charge in [-0.25, -0.2) is 0 Å². The van der Waals surface area contributed by atoms with Gasteiger partial charge in [0.1, 0.15) is 5.78 Å². The number of carbonyl (C=O) groups is 1. The summed E-state index contributed by atoms with van der Waals surface area (Å²) in [6.07, 6.45) is 0.633. The smallest absolute Gasteiger partial charge is 0.130 e. The molecule has 10 heavy (non-hydrogen) atoms. The summed E-state index contributed by atoms with van der Waals surface area (Å²) in [6.45, 7) is 3.38. The quantitative estimate of drug-likeness (QED) is 0.547. The first-order valence-corrected chi connectivity index (χ1v) is 3.66. The minimum Gasteiger partial charge on any atom is -0.326 e. The summed E-state index contributed by atoms with van der Waals surface area (Å²) in [4.78, 5) is 10.7. The largest absolute Gasteiger partial charge is 0.326 e. The lowest BCUT2D eigenvalue weighted by Gasteiger charge is -2.10. The fourth-order valence-electron chi connectivity index (χ4n) is 1.35. The van der Waals surface area contributed by atoms with Crippen molar-refractivity contribution in [1.29, 1.82) is 0 Å². The normalized spacial score (nSPS) is 32.6. The molecule has 1 aliphatic rings. The number of nitrogens with two attached hydrogens (primary N) is 1. The molecular weight excluding hydrogens is 128 g/mol. The third-order valence-corrected chi connectivity index (χ3v) is 1.94. The van der Waals surface area contributed by atoms with Crippen molar-refractivity contribution in [1.82, 2.24) is 5.32 Å². The Morgan fingerprint density at radius 1 is 1.70 bits per heavy atom. The molecule has 3 N–H and O–H groups in total. The molecule has 1 saturated heterocycles. The van der Waals surface area contributed by atoms with Gasteiger partial charge in [-0.2, -0.15) is 0 Å². The van der Waals surface area contributed by atoms with Crippen LogP contribution in [0.25, 0.3) is 0 Å². The number of nitrogens with one attached hydrogen (secondary N) is 1. The summed E-state index contributed by atoms with van der Waals surface area (Å²) in [5, 5.41) is 3.15. The van der Waals surface area contributed by atoms with Crippen molar-refractivity contribution in [3.05, 3.63) is 0 Å². The molecule has 0 aliphatic carbocycles. The highest BCUT2D eigenvalue weighted by molar-refractivity contribution is 5.75. The Kier molecular flexibility index (Phi) is 2.40. The number of hydrogen-bond donors (Lipinski definition) is 2. The van der Waals surface area contributed by atoms with E-state index in [1.807, 2.05) is 0 Å². The number of ketones is 1. The summed E-state index contributed by atoms with van der Waals surface area (Å²) in [5.74, 6) is 0.613. The number of Topliss-reactive ketones (excluding diaryl/α,β-unsaturated/α-hetero) is 1. The van der Waals surface area contributed by atoms with Gasteiger partial charge < -0.3 is 15.8 Å². The average molecular weight is 142 g/mol. The van der Waals surface area contributed by atoms with Gasteiger partial charge in [-0.3, -0.25) is 0 Å². The molecule has 1 heterocycles. The van der Waals surface area contributed by atoms with Gasteiger partial charge in [-0.1, -0.05) is 0 Å². The van der Waals surface area contributed by atoms with Gasteiger partial charge in [-0.15, -0.1) is 0 Å². The van der Waals surface area contributed by atoms with Crippen LogP contribution in [0, 0.1) is 5.92 Å². The fraction of sp³-hybridized carbons (Fsp3) is 0.857. The van der Waals surface area contributed by atoms with Crippen molar-refractivity contribution in [2.24, 2.45) is 11.7 Å². The van der Waals surface area contributed by atoms with Gasteiger partial charge in [0.15, 0.2) is 0 Å². The first-order valence-electron chi connectivity index (χ1n) is 3.66. The molecule has 0 spiro atoms. The van der Waals surface area contributed by atoms with E-state index < -0.39 is 0 Å². The molecular formula is C7H14N2O. The lowest BCUT2D eigenvalue weighted by atomic mass is 9.99. The van der Waals surface area contributed by atoms with E-state index >= 15 is 0 Å². The van der Waals surface area contributed by atoms with Crippen molar-refractivity contribution in [3.63, 3.8) is 0 Å². The minimum absolute atomic E-state index is 0.184. The second-order valence-electron chi connectivity index (χ2n) is 2.99. The van der Waals surface area contributed by atoms with Crippen LogP contribution < -0.4 is 11.1 Å². The van der Waals surface area contributed by atoms with E-state index in [2.05, 4.69) is 5.32 Å². The summed E-state index contributed by atoms with van der Waals surface area (Å²) in [6, 6.07) is 0.184. The van der Waals surface area contributed by atoms with E-state index in [0.29, 0.717) is 12.3 Å². The monoisotopic (exact) mass is 142 g/mol. The van der Waals surface area contributed by atoms with Gasteiger partial charge in [0.25, 0.3) is 0 Å². The van der Waals surface area contributed by atoms with Crippen molar-refractivity contribution in [3.8, 4) is 0 Å². The van der Waals surface area contributed by atoms with E-state index in [0.717, 1.165) is 13.1 Å². The zero-order valence-corrected chi connectivity index (χ0v) is 6.26. The zero-order chi connectivity index (χ0) is 7.56. The van der Waals surface area contributed by atoms with Crippen LogP contribution in [0.15, 0.2) is 0 Å². The second-order valence-corrected chi connectivity index (χ2v) is 2.99. The van der Waals surface area contributed by atoms with Crippen molar-refractivity contribution in [2.45, 2.75) is 19.4 Å². The van der Waals surface area contributed by atoms with Gasteiger partial charge in [0.05, 0.1) is 0 Å². The highest BCUT2D eigenvalue weighted by atomic mass is 16.1. The predicted molar refractivity (Wildman–Crippen MR) is 39.6 cm³/mol. The van der Waals surface area contributed by atoms with Crippen LogP contribution in [0.2, 0.25) is 0 Å². The average Bonchev–Trinajstić information content (AvgIpc) is 2.15. The molecule has 0 aromatic rings. The lowest BCUT2D eigenvalue weighted by molar-refractivity contribution is -0.117. The van der Waals surface area contributed by atoms with Gasteiger partial charge in [0, 0.05) is 19.0 Å². The van der Waals surface area contributed by atoms with Crippen LogP contribution in [0.5, 0.6) is 0 Å². The van der Waals surface area contributed by atoms with Crippen LogP contribution in [0.4, 0.5) is 0 Å². The highest BCUT2D eigenvalue weighted by Gasteiger charge is 2.24. The summed E-state index contributed by atoms with van der Waals surface area (Å²) in [5.41, 5.74) is 5.71. The molecule has 58 valence electrons. The van der Waals surface area contributed by atoms with E-state index in [9.17, 15) is 4.79 Å². The third kappa shape index (κ3) is 1.78. The van der Waals surface area contributed by atoms with E-state index in [1.165, 1.54) is 0 Å². The maximum Gasteiger partial charge on any atom is 0.130 e. The molecule has 0 amide bonds. The molecule has 0 bridgehead atoms. The van der Waals surface area contributed by atoms with Gasteiger partial charge in [0.2, 0.25) is 0 Å². The molecule has 0 saturated carbocycles. The third-order valence-electron chi connectivity index (χ3n) is 1.94. The van der Waals surface area contributed by atoms with E-state index in [-0.39, 0.29) is 11.8 Å². The molecule has 1 aliphatic heterocycles. The Morgan fingerprint density at radius 2 is 2.40 bits per heavy atom. The van der Waals surface area contributed by atoms with Crippen LogP contribution in [0.3, 0.4) is 0 Å². The molecule has 3 heteroatoms. The van der Waals surface area contributed by atoms with Crippen LogP contribution in [-0.4, -0.2) is 24.9 Å². The number of carbonyl (C=O) groups excluding carboxylic acids is 1. The highest BCUT2D eigenvalue weighted by Crippen LogP contribution is 2.11. The van der Waals surface area contributed by atoms with E-state index in [4.69, 9.17) is 5.73 Å². The summed E-state index contributed by atoms with van der Waals surface area (Å²) in [7, 11) is 0. The maximum absolute atomic E-state index is 10.7. The topological polar surface area (TPSA) is 55.1 Å². The first kappa shape index (κ1) is 7.69. The minimum atomic E-state index is 0.184. The zero-order valence-electron chi connectivity index (χ0n) is 6.26. The Labute approximate surface area is 61.0 Å². The standard InChI is InChI=1S/C7H14N2O/c1-5(10)2-6-3-9-4-7(6)8/h6-7,9H,2-4,8H2,1H3. The fourth-order valence-corrected chi connectivity index (χ4v) is 1.35. The maximum atomic E-state index is 10.7. The van der Waals surface area contributed by atoms with Crippen molar-refractivity contribution in [2.75, 3.05) is 13.1 Å². The Balaban J connectivity index is 2.33. The van der Waals surface area contributed by atoms with Crippen LogP contribution in [-0.2, 0) is 4.79 Å². The summed E-state index contributed by atoms with van der Waals surface area (Å²) < 4.78 is 0. The second kappa shape index (κ2) is 3.12. The molecule has 0 aromatic carbocycles. The first-order chi connectivity index (χ1) is 4.70. The molecule has 1 rings (SSSR count). The number of hydrogen-bond acceptors (Lipinski definition) is 3. The molecule has 1 fully saturated rings. The van der Waals surface area contributed by atoms with Crippen LogP contribution in [0.1, 0.15) is 13.3 Å². The Hall–Kier alpha value is -0.410. The lowest BCUT2D eigenvalue weighted by Crippen LogP contribution is -2.29. The summed E-state index contributed by atoms with van der Waals surface area (Å²) >= 11 is 0. The predicted octanol–water partition coefficient (Wildman–Crippen LogP) is -0.488.